The maximum absolute atomic E-state index is 12.4. The van der Waals surface area contributed by atoms with Gasteiger partial charge in [0.2, 0.25) is 0 Å². The van der Waals surface area contributed by atoms with Crippen molar-refractivity contribution in [3.05, 3.63) is 28.8 Å². The van der Waals surface area contributed by atoms with Gasteiger partial charge in [-0.05, 0) is 38.6 Å². The lowest BCUT2D eigenvalue weighted by Crippen LogP contribution is -2.38. The summed E-state index contributed by atoms with van der Waals surface area (Å²) in [4.78, 5) is 1.93. The Balaban J connectivity index is 2.90. The van der Waals surface area contributed by atoms with Crippen LogP contribution >= 0.6 is 11.6 Å². The normalized spacial score (nSPS) is 12.2. The van der Waals surface area contributed by atoms with E-state index in [4.69, 9.17) is 11.6 Å². The van der Waals surface area contributed by atoms with E-state index in [1.54, 1.807) is 19.9 Å². The summed E-state index contributed by atoms with van der Waals surface area (Å²) in [7, 11) is 0. The first-order valence-electron chi connectivity index (χ1n) is 6.39. The van der Waals surface area contributed by atoms with Crippen molar-refractivity contribution in [2.75, 3.05) is 13.1 Å². The first kappa shape index (κ1) is 17.1. The van der Waals surface area contributed by atoms with Gasteiger partial charge in [-0.3, -0.25) is 4.90 Å². The number of halogens is 3. The Morgan fingerprint density at radius 2 is 2.05 bits per heavy atom. The van der Waals surface area contributed by atoms with Crippen LogP contribution in [0.5, 0.6) is 5.75 Å². The Kier molecular flexibility index (Phi) is 6.17. The highest BCUT2D eigenvalue weighted by Crippen LogP contribution is 2.26. The van der Waals surface area contributed by atoms with Crippen LogP contribution in [0.2, 0.25) is 5.02 Å². The van der Waals surface area contributed by atoms with Gasteiger partial charge < -0.3 is 9.84 Å². The first-order valence-corrected chi connectivity index (χ1v) is 6.77. The third-order valence-corrected chi connectivity index (χ3v) is 2.93. The summed E-state index contributed by atoms with van der Waals surface area (Å²) in [6.07, 6.45) is 0. The van der Waals surface area contributed by atoms with Crippen LogP contribution in [0.3, 0.4) is 0 Å². The number of alkyl halides is 2. The first-order chi connectivity index (χ1) is 9.21. The maximum Gasteiger partial charge on any atom is 0.387 e. The van der Waals surface area contributed by atoms with E-state index in [1.165, 1.54) is 12.1 Å². The topological polar surface area (TPSA) is 32.7 Å². The van der Waals surface area contributed by atoms with E-state index in [-0.39, 0.29) is 5.75 Å². The molecule has 0 heterocycles. The van der Waals surface area contributed by atoms with Gasteiger partial charge in [-0.25, -0.2) is 0 Å². The number of aliphatic hydroxyl groups is 1. The molecule has 0 radical (unpaired) electrons. The van der Waals surface area contributed by atoms with Crippen molar-refractivity contribution in [3.63, 3.8) is 0 Å². The Bertz CT molecular complexity index is 436. The molecule has 0 spiro atoms. The van der Waals surface area contributed by atoms with Crippen molar-refractivity contribution in [2.24, 2.45) is 0 Å². The summed E-state index contributed by atoms with van der Waals surface area (Å²) in [5.41, 5.74) is -0.290. The van der Waals surface area contributed by atoms with Gasteiger partial charge in [-0.15, -0.1) is 0 Å². The van der Waals surface area contributed by atoms with Crippen LogP contribution in [0, 0.1) is 0 Å². The monoisotopic (exact) mass is 307 g/mol. The molecule has 20 heavy (non-hydrogen) atoms. The Morgan fingerprint density at radius 3 is 2.55 bits per heavy atom. The largest absolute Gasteiger partial charge is 0.434 e. The lowest BCUT2D eigenvalue weighted by molar-refractivity contribution is -0.0510. The van der Waals surface area contributed by atoms with Crippen LogP contribution in [-0.4, -0.2) is 35.3 Å². The Labute approximate surface area is 123 Å². The van der Waals surface area contributed by atoms with Crippen molar-refractivity contribution in [2.45, 2.75) is 39.5 Å². The zero-order valence-electron chi connectivity index (χ0n) is 11.9. The quantitative estimate of drug-likeness (QED) is 0.836. The van der Waals surface area contributed by atoms with Crippen molar-refractivity contribution >= 4 is 11.6 Å². The Morgan fingerprint density at radius 1 is 1.40 bits per heavy atom. The zero-order valence-corrected chi connectivity index (χ0v) is 12.6. The molecule has 1 rings (SSSR count). The third-order valence-electron chi connectivity index (χ3n) is 2.69. The molecule has 0 aliphatic heterocycles. The summed E-state index contributed by atoms with van der Waals surface area (Å²) in [6, 6.07) is 4.54. The molecule has 0 saturated carbocycles. The van der Waals surface area contributed by atoms with E-state index in [0.717, 1.165) is 0 Å². The average Bonchev–Trinajstić information content (AvgIpc) is 2.29. The van der Waals surface area contributed by atoms with E-state index in [1.807, 2.05) is 11.8 Å². The van der Waals surface area contributed by atoms with Crippen molar-refractivity contribution in [1.29, 1.82) is 0 Å². The van der Waals surface area contributed by atoms with Crippen molar-refractivity contribution < 1.29 is 18.6 Å². The fourth-order valence-corrected chi connectivity index (χ4v) is 2.14. The Hall–Kier alpha value is -0.910. The molecule has 114 valence electrons. The predicted octanol–water partition coefficient (Wildman–Crippen LogP) is 3.53. The van der Waals surface area contributed by atoms with Crippen molar-refractivity contribution in [1.82, 2.24) is 4.90 Å². The molecule has 0 aliphatic rings. The minimum absolute atomic E-state index is 0.110. The minimum atomic E-state index is -2.88. The average molecular weight is 308 g/mol. The van der Waals surface area contributed by atoms with Gasteiger partial charge >= 0.3 is 6.61 Å². The number of hydrogen-bond donors (Lipinski definition) is 1. The predicted molar refractivity (Wildman–Crippen MR) is 75.3 cm³/mol. The summed E-state index contributed by atoms with van der Waals surface area (Å²) < 4.78 is 29.3. The van der Waals surface area contributed by atoms with Gasteiger partial charge in [-0.1, -0.05) is 18.5 Å². The van der Waals surface area contributed by atoms with Crippen LogP contribution < -0.4 is 4.74 Å². The van der Waals surface area contributed by atoms with Gasteiger partial charge in [0.15, 0.2) is 0 Å². The standard InChI is InChI=1S/C14H20ClF2NO2/c1-4-18(9-14(2,3)19)8-10-7-11(15)5-6-12(10)20-13(16)17/h5-7,13,19H,4,8-9H2,1-3H3. The number of likely N-dealkylation sites (N-methyl/N-ethyl adjacent to an activating group) is 1. The maximum atomic E-state index is 12.4. The molecule has 0 saturated heterocycles. The molecular weight excluding hydrogens is 288 g/mol. The number of benzene rings is 1. The molecule has 0 atom stereocenters. The third kappa shape index (κ3) is 6.03. The molecule has 1 aromatic carbocycles. The second kappa shape index (κ2) is 7.20. The van der Waals surface area contributed by atoms with Crippen LogP contribution in [0.1, 0.15) is 26.3 Å². The SMILES string of the molecule is CCN(Cc1cc(Cl)ccc1OC(F)F)CC(C)(C)O. The summed E-state index contributed by atoms with van der Waals surface area (Å²) >= 11 is 5.90. The van der Waals surface area contributed by atoms with Crippen molar-refractivity contribution in [3.8, 4) is 5.75 Å². The van der Waals surface area contributed by atoms with Gasteiger partial charge in [0.25, 0.3) is 0 Å². The fourth-order valence-electron chi connectivity index (χ4n) is 1.95. The van der Waals surface area contributed by atoms with Crippen LogP contribution in [0.25, 0.3) is 0 Å². The van der Waals surface area contributed by atoms with Gasteiger partial charge in [0.1, 0.15) is 5.75 Å². The minimum Gasteiger partial charge on any atom is -0.434 e. The number of hydrogen-bond acceptors (Lipinski definition) is 3. The molecular formula is C14H20ClF2NO2. The molecule has 6 heteroatoms. The number of ether oxygens (including phenoxy) is 1. The van der Waals surface area contributed by atoms with E-state index in [9.17, 15) is 13.9 Å². The molecule has 0 aromatic heterocycles. The highest BCUT2D eigenvalue weighted by Gasteiger charge is 2.19. The molecule has 1 aromatic rings. The van der Waals surface area contributed by atoms with E-state index in [0.29, 0.717) is 30.2 Å². The highest BCUT2D eigenvalue weighted by atomic mass is 35.5. The second-order valence-electron chi connectivity index (χ2n) is 5.25. The summed E-state index contributed by atoms with van der Waals surface area (Å²) in [5, 5.41) is 10.3. The molecule has 0 unspecified atom stereocenters. The number of nitrogens with zero attached hydrogens (tertiary/aromatic N) is 1. The van der Waals surface area contributed by atoms with Gasteiger partial charge in [0.05, 0.1) is 5.60 Å². The molecule has 1 N–H and O–H groups in total. The highest BCUT2D eigenvalue weighted by molar-refractivity contribution is 6.30. The molecule has 3 nitrogen and oxygen atoms in total. The van der Waals surface area contributed by atoms with E-state index < -0.39 is 12.2 Å². The zero-order chi connectivity index (χ0) is 15.3. The molecule has 0 amide bonds. The van der Waals surface area contributed by atoms with Gasteiger partial charge in [0, 0.05) is 23.7 Å². The van der Waals surface area contributed by atoms with E-state index in [2.05, 4.69) is 4.74 Å². The molecule has 0 aliphatic carbocycles. The molecule has 0 bridgehead atoms. The molecule has 0 fully saturated rings. The van der Waals surface area contributed by atoms with Crippen LogP contribution in [0.15, 0.2) is 18.2 Å². The van der Waals surface area contributed by atoms with Crippen LogP contribution in [-0.2, 0) is 6.54 Å². The lowest BCUT2D eigenvalue weighted by atomic mass is 10.1. The summed E-state index contributed by atoms with van der Waals surface area (Å²) in [6.45, 7) is 3.93. The number of rotatable bonds is 7. The second-order valence-corrected chi connectivity index (χ2v) is 5.68. The van der Waals surface area contributed by atoms with Crippen LogP contribution in [0.4, 0.5) is 8.78 Å². The fraction of sp³-hybridized carbons (Fsp3) is 0.571. The summed E-state index contributed by atoms with van der Waals surface area (Å²) in [5.74, 6) is 0.110. The smallest absolute Gasteiger partial charge is 0.387 e. The van der Waals surface area contributed by atoms with Gasteiger partial charge in [-0.2, -0.15) is 8.78 Å². The lowest BCUT2D eigenvalue weighted by Gasteiger charge is -2.28. The van der Waals surface area contributed by atoms with E-state index >= 15 is 0 Å².